The lowest BCUT2D eigenvalue weighted by Crippen LogP contribution is -2.44. The number of fused-ring (bicyclic) bond motifs is 1. The van der Waals surface area contributed by atoms with Crippen molar-refractivity contribution < 1.29 is 0 Å². The van der Waals surface area contributed by atoms with E-state index in [0.29, 0.717) is 0 Å². The molecule has 1 aliphatic carbocycles. The minimum Gasteiger partial charge on any atom is -0.316 e. The Labute approximate surface area is 74.3 Å². The van der Waals surface area contributed by atoms with E-state index in [0.717, 1.165) is 18.0 Å². The van der Waals surface area contributed by atoms with Crippen LogP contribution < -0.4 is 5.32 Å². The average Bonchev–Trinajstić information content (AvgIpc) is 2.86. The lowest BCUT2D eigenvalue weighted by atomic mass is 9.94. The summed E-state index contributed by atoms with van der Waals surface area (Å²) in [5.41, 5.74) is 0. The summed E-state index contributed by atoms with van der Waals surface area (Å²) in [5, 5.41) is 3.51. The molecule has 3 fully saturated rings. The van der Waals surface area contributed by atoms with Crippen LogP contribution in [0.4, 0.5) is 0 Å². The van der Waals surface area contributed by atoms with Gasteiger partial charge in [0.2, 0.25) is 0 Å². The molecule has 3 aliphatic rings. The smallest absolute Gasteiger partial charge is 0.0151 e. The van der Waals surface area contributed by atoms with Crippen LogP contribution in [-0.4, -0.2) is 36.6 Å². The Morgan fingerprint density at radius 1 is 1.08 bits per heavy atom. The fraction of sp³-hybridized carbons (Fsp3) is 1.00. The minimum absolute atomic E-state index is 0.957. The third-order valence-electron chi connectivity index (χ3n) is 3.77. The first kappa shape index (κ1) is 7.34. The van der Waals surface area contributed by atoms with Crippen LogP contribution in [0.2, 0.25) is 0 Å². The van der Waals surface area contributed by atoms with Gasteiger partial charge in [-0.15, -0.1) is 0 Å². The van der Waals surface area contributed by atoms with Gasteiger partial charge in [-0.3, -0.25) is 4.90 Å². The number of nitrogens with one attached hydrogen (secondary N) is 1. The molecule has 2 aliphatic heterocycles. The van der Waals surface area contributed by atoms with Crippen molar-refractivity contribution in [2.75, 3.05) is 19.6 Å². The maximum atomic E-state index is 3.51. The summed E-state index contributed by atoms with van der Waals surface area (Å²) < 4.78 is 0. The summed E-state index contributed by atoms with van der Waals surface area (Å²) in [6, 6.07) is 1.96. The zero-order valence-corrected chi connectivity index (χ0v) is 7.63. The summed E-state index contributed by atoms with van der Waals surface area (Å²) in [4.78, 5) is 2.80. The van der Waals surface area contributed by atoms with Crippen LogP contribution in [0.3, 0.4) is 0 Å². The van der Waals surface area contributed by atoms with Crippen molar-refractivity contribution in [1.82, 2.24) is 10.2 Å². The zero-order valence-electron chi connectivity index (χ0n) is 7.63. The summed E-state index contributed by atoms with van der Waals surface area (Å²) in [6.07, 6.45) is 5.82. The quantitative estimate of drug-likeness (QED) is 0.621. The molecule has 0 spiro atoms. The largest absolute Gasteiger partial charge is 0.316 e. The van der Waals surface area contributed by atoms with Crippen LogP contribution in [0.15, 0.2) is 0 Å². The highest BCUT2D eigenvalue weighted by Gasteiger charge is 2.42. The molecule has 68 valence electrons. The number of likely N-dealkylation sites (tertiary alicyclic amines) is 1. The Balaban J connectivity index is 1.72. The molecule has 1 saturated carbocycles. The lowest BCUT2D eigenvalue weighted by Gasteiger charge is -2.32. The first-order valence-electron chi connectivity index (χ1n) is 5.41. The molecule has 2 heterocycles. The van der Waals surface area contributed by atoms with Gasteiger partial charge in [0, 0.05) is 12.1 Å². The predicted octanol–water partition coefficient (Wildman–Crippen LogP) is 0.833. The molecular weight excluding hydrogens is 148 g/mol. The van der Waals surface area contributed by atoms with Crippen LogP contribution in [0.5, 0.6) is 0 Å². The molecule has 2 unspecified atom stereocenters. The monoisotopic (exact) mass is 166 g/mol. The molecule has 2 nitrogen and oxygen atoms in total. The highest BCUT2D eigenvalue weighted by atomic mass is 15.2. The highest BCUT2D eigenvalue weighted by molar-refractivity contribution is 4.98. The van der Waals surface area contributed by atoms with E-state index in [1.54, 1.807) is 0 Å². The third-order valence-corrected chi connectivity index (χ3v) is 3.77. The zero-order chi connectivity index (χ0) is 7.97. The summed E-state index contributed by atoms with van der Waals surface area (Å²) in [7, 11) is 0. The van der Waals surface area contributed by atoms with Crippen LogP contribution in [0.1, 0.15) is 25.7 Å². The second-order valence-corrected chi connectivity index (χ2v) is 4.58. The van der Waals surface area contributed by atoms with Crippen molar-refractivity contribution >= 4 is 0 Å². The van der Waals surface area contributed by atoms with Gasteiger partial charge in [-0.25, -0.2) is 0 Å². The number of hydrogen-bond donors (Lipinski definition) is 1. The van der Waals surface area contributed by atoms with E-state index < -0.39 is 0 Å². The van der Waals surface area contributed by atoms with Crippen molar-refractivity contribution in [3.63, 3.8) is 0 Å². The molecule has 0 aromatic carbocycles. The first-order valence-corrected chi connectivity index (χ1v) is 5.41. The Kier molecular flexibility index (Phi) is 1.66. The Morgan fingerprint density at radius 2 is 2.00 bits per heavy atom. The van der Waals surface area contributed by atoms with Gasteiger partial charge >= 0.3 is 0 Å². The van der Waals surface area contributed by atoms with E-state index in [1.807, 2.05) is 0 Å². The maximum absolute atomic E-state index is 3.51. The lowest BCUT2D eigenvalue weighted by molar-refractivity contribution is 0.183. The fourth-order valence-electron chi connectivity index (χ4n) is 2.98. The summed E-state index contributed by atoms with van der Waals surface area (Å²) in [5.74, 6) is 0.986. The molecular formula is C10H18N2. The average molecular weight is 166 g/mol. The maximum Gasteiger partial charge on any atom is 0.0151 e. The van der Waals surface area contributed by atoms with E-state index in [-0.39, 0.29) is 0 Å². The molecule has 0 aromatic rings. The van der Waals surface area contributed by atoms with Crippen molar-refractivity contribution in [3.8, 4) is 0 Å². The van der Waals surface area contributed by atoms with E-state index in [1.165, 1.54) is 45.3 Å². The van der Waals surface area contributed by atoms with Gasteiger partial charge in [0.15, 0.2) is 0 Å². The van der Waals surface area contributed by atoms with Crippen LogP contribution >= 0.6 is 0 Å². The Bertz CT molecular complexity index is 177. The molecule has 2 atom stereocenters. The number of nitrogens with zero attached hydrogens (tertiary/aromatic N) is 1. The van der Waals surface area contributed by atoms with Crippen molar-refractivity contribution in [2.24, 2.45) is 5.92 Å². The van der Waals surface area contributed by atoms with Crippen molar-refractivity contribution in [1.29, 1.82) is 0 Å². The van der Waals surface area contributed by atoms with E-state index in [9.17, 15) is 0 Å². The second kappa shape index (κ2) is 2.71. The molecule has 0 bridgehead atoms. The van der Waals surface area contributed by atoms with Crippen molar-refractivity contribution in [3.05, 3.63) is 0 Å². The molecule has 0 radical (unpaired) electrons. The SMILES string of the molecule is C1CC2C(CCN2C2CC2)CN1. The summed E-state index contributed by atoms with van der Waals surface area (Å²) in [6.45, 7) is 3.93. The first-order chi connectivity index (χ1) is 5.95. The normalized spacial score (nSPS) is 43.0. The predicted molar refractivity (Wildman–Crippen MR) is 49.1 cm³/mol. The number of hydrogen-bond acceptors (Lipinski definition) is 2. The Morgan fingerprint density at radius 3 is 2.83 bits per heavy atom. The van der Waals surface area contributed by atoms with Gasteiger partial charge in [-0.1, -0.05) is 0 Å². The third kappa shape index (κ3) is 1.09. The van der Waals surface area contributed by atoms with Gasteiger partial charge < -0.3 is 5.32 Å². The van der Waals surface area contributed by atoms with Gasteiger partial charge in [-0.2, -0.15) is 0 Å². The van der Waals surface area contributed by atoms with Crippen LogP contribution in [0.25, 0.3) is 0 Å². The molecule has 2 saturated heterocycles. The van der Waals surface area contributed by atoms with E-state index >= 15 is 0 Å². The molecule has 0 aromatic heterocycles. The van der Waals surface area contributed by atoms with Gasteiger partial charge in [0.25, 0.3) is 0 Å². The molecule has 3 rings (SSSR count). The number of piperidine rings is 1. The molecule has 2 heteroatoms. The molecule has 0 amide bonds. The van der Waals surface area contributed by atoms with Crippen LogP contribution in [-0.2, 0) is 0 Å². The van der Waals surface area contributed by atoms with E-state index in [2.05, 4.69) is 10.2 Å². The van der Waals surface area contributed by atoms with Crippen LogP contribution in [0, 0.1) is 5.92 Å². The van der Waals surface area contributed by atoms with Gasteiger partial charge in [0.05, 0.1) is 0 Å². The fourth-order valence-corrected chi connectivity index (χ4v) is 2.98. The highest BCUT2D eigenvalue weighted by Crippen LogP contribution is 2.37. The minimum atomic E-state index is 0.957. The molecule has 1 N–H and O–H groups in total. The standard InChI is InChI=1S/C10H18N2/c1-2-9(1)12-6-4-8-7-11-5-3-10(8)12/h8-11H,1-7H2. The second-order valence-electron chi connectivity index (χ2n) is 4.58. The number of rotatable bonds is 1. The van der Waals surface area contributed by atoms with E-state index in [4.69, 9.17) is 0 Å². The Hall–Kier alpha value is -0.0800. The van der Waals surface area contributed by atoms with Gasteiger partial charge in [-0.05, 0) is 51.2 Å². The molecule has 12 heavy (non-hydrogen) atoms. The van der Waals surface area contributed by atoms with Gasteiger partial charge in [0.1, 0.15) is 0 Å². The topological polar surface area (TPSA) is 15.3 Å². The summed E-state index contributed by atoms with van der Waals surface area (Å²) >= 11 is 0. The van der Waals surface area contributed by atoms with Crippen molar-refractivity contribution in [2.45, 2.75) is 37.8 Å².